The van der Waals surface area contributed by atoms with Crippen LogP contribution in [0.4, 0.5) is 0 Å². The van der Waals surface area contributed by atoms with Crippen LogP contribution in [0.25, 0.3) is 0 Å². The molecule has 0 unspecified atom stereocenters. The number of ether oxygens (including phenoxy) is 1. The number of hydrogen-bond donors (Lipinski definition) is 1. The van der Waals surface area contributed by atoms with Gasteiger partial charge in [-0.05, 0) is 18.2 Å². The highest BCUT2D eigenvalue weighted by molar-refractivity contribution is 7.86. The van der Waals surface area contributed by atoms with Crippen LogP contribution < -0.4 is 4.74 Å². The molecule has 0 aliphatic carbocycles. The third kappa shape index (κ3) is 3.02. The second kappa shape index (κ2) is 4.84. The molecule has 0 saturated carbocycles. The van der Waals surface area contributed by atoms with Crippen LogP contribution in [0.3, 0.4) is 0 Å². The van der Waals surface area contributed by atoms with Gasteiger partial charge in [0.1, 0.15) is 10.6 Å². The fourth-order valence-corrected chi connectivity index (χ4v) is 1.77. The SMILES string of the molecule is COc1ccc(Cl)cc1S(=O)(=O)O.Cl. The predicted molar refractivity (Wildman–Crippen MR) is 55.1 cm³/mol. The molecule has 0 aromatic heterocycles. The van der Waals surface area contributed by atoms with Gasteiger partial charge in [0, 0.05) is 5.02 Å². The summed E-state index contributed by atoms with van der Waals surface area (Å²) in [7, 11) is -2.97. The van der Waals surface area contributed by atoms with E-state index in [0.29, 0.717) is 0 Å². The maximum Gasteiger partial charge on any atom is 0.298 e. The second-order valence-electron chi connectivity index (χ2n) is 2.27. The highest BCUT2D eigenvalue weighted by atomic mass is 35.5. The maximum atomic E-state index is 10.8. The molecule has 4 nitrogen and oxygen atoms in total. The van der Waals surface area contributed by atoms with Gasteiger partial charge in [-0.25, -0.2) is 0 Å². The molecule has 0 saturated heterocycles. The van der Waals surface area contributed by atoms with E-state index in [1.807, 2.05) is 0 Å². The van der Waals surface area contributed by atoms with E-state index in [9.17, 15) is 8.42 Å². The van der Waals surface area contributed by atoms with Crippen LogP contribution in [0, 0.1) is 0 Å². The van der Waals surface area contributed by atoms with Crippen LogP contribution in [0.2, 0.25) is 5.02 Å². The van der Waals surface area contributed by atoms with Crippen molar-refractivity contribution in [3.63, 3.8) is 0 Å². The predicted octanol–water partition coefficient (Wildman–Crippen LogP) is 2.02. The fourth-order valence-electron chi connectivity index (χ4n) is 0.852. The van der Waals surface area contributed by atoms with Crippen LogP contribution in [-0.2, 0) is 10.1 Å². The van der Waals surface area contributed by atoms with Gasteiger partial charge in [-0.3, -0.25) is 4.55 Å². The Kier molecular flexibility index (Phi) is 4.67. The Hall–Kier alpha value is -0.490. The van der Waals surface area contributed by atoms with Crippen LogP contribution in [0.5, 0.6) is 5.75 Å². The summed E-state index contributed by atoms with van der Waals surface area (Å²) in [6.45, 7) is 0. The quantitative estimate of drug-likeness (QED) is 0.825. The minimum Gasteiger partial charge on any atom is -0.495 e. The van der Waals surface area contributed by atoms with Crippen molar-refractivity contribution in [1.82, 2.24) is 0 Å². The average molecular weight is 259 g/mol. The third-order valence-electron chi connectivity index (χ3n) is 1.40. The Labute approximate surface area is 93.0 Å². The van der Waals surface area contributed by atoms with E-state index in [2.05, 4.69) is 0 Å². The van der Waals surface area contributed by atoms with Gasteiger partial charge in [-0.15, -0.1) is 12.4 Å². The zero-order valence-corrected chi connectivity index (χ0v) is 9.49. The lowest BCUT2D eigenvalue weighted by Gasteiger charge is -2.05. The minimum atomic E-state index is -4.28. The Balaban J connectivity index is 0.00000169. The Morgan fingerprint density at radius 3 is 2.43 bits per heavy atom. The average Bonchev–Trinajstić information content (AvgIpc) is 2.03. The first-order valence-electron chi connectivity index (χ1n) is 3.26. The van der Waals surface area contributed by atoms with Crippen molar-refractivity contribution in [3.8, 4) is 5.75 Å². The summed E-state index contributed by atoms with van der Waals surface area (Å²) in [5.74, 6) is 0.0619. The minimum absolute atomic E-state index is 0. The van der Waals surface area contributed by atoms with Crippen molar-refractivity contribution in [1.29, 1.82) is 0 Å². The van der Waals surface area contributed by atoms with Crippen molar-refractivity contribution in [2.75, 3.05) is 7.11 Å². The molecule has 1 rings (SSSR count). The van der Waals surface area contributed by atoms with Gasteiger partial charge < -0.3 is 4.74 Å². The summed E-state index contributed by atoms with van der Waals surface area (Å²) in [6.07, 6.45) is 0. The lowest BCUT2D eigenvalue weighted by atomic mass is 10.3. The summed E-state index contributed by atoms with van der Waals surface area (Å²) in [4.78, 5) is -0.331. The summed E-state index contributed by atoms with van der Waals surface area (Å²) < 4.78 is 35.1. The molecule has 14 heavy (non-hydrogen) atoms. The highest BCUT2D eigenvalue weighted by Gasteiger charge is 2.16. The number of methoxy groups -OCH3 is 1. The lowest BCUT2D eigenvalue weighted by molar-refractivity contribution is 0.397. The van der Waals surface area contributed by atoms with E-state index in [1.54, 1.807) is 0 Å². The third-order valence-corrected chi connectivity index (χ3v) is 2.51. The smallest absolute Gasteiger partial charge is 0.298 e. The van der Waals surface area contributed by atoms with E-state index in [1.165, 1.54) is 19.2 Å². The van der Waals surface area contributed by atoms with Gasteiger partial charge >= 0.3 is 0 Å². The Morgan fingerprint density at radius 2 is 2.00 bits per heavy atom. The van der Waals surface area contributed by atoms with Crippen LogP contribution in [-0.4, -0.2) is 20.1 Å². The Bertz CT molecular complexity index is 416. The largest absolute Gasteiger partial charge is 0.495 e. The van der Waals surface area contributed by atoms with Crippen LogP contribution in [0.15, 0.2) is 23.1 Å². The lowest BCUT2D eigenvalue weighted by Crippen LogP contribution is -2.01. The maximum absolute atomic E-state index is 10.8. The molecule has 1 N–H and O–H groups in total. The molecule has 0 amide bonds. The molecule has 1 aromatic rings. The summed E-state index contributed by atoms with van der Waals surface area (Å²) in [5, 5.41) is 0.216. The second-order valence-corrected chi connectivity index (χ2v) is 4.10. The number of halogens is 2. The molecule has 0 spiro atoms. The van der Waals surface area contributed by atoms with E-state index in [4.69, 9.17) is 20.9 Å². The molecule has 7 heteroatoms. The van der Waals surface area contributed by atoms with Crippen molar-refractivity contribution in [2.45, 2.75) is 4.90 Å². The first-order valence-corrected chi connectivity index (χ1v) is 5.08. The molecule has 0 aliphatic heterocycles. The standard InChI is InChI=1S/C7H7ClO4S.ClH/c1-12-6-3-2-5(8)4-7(6)13(9,10)11;/h2-4H,1H3,(H,9,10,11);1H. The van der Waals surface area contributed by atoms with Crippen molar-refractivity contribution in [3.05, 3.63) is 23.2 Å². The summed E-state index contributed by atoms with van der Waals surface area (Å²) in [6, 6.07) is 3.95. The van der Waals surface area contributed by atoms with Crippen molar-refractivity contribution in [2.24, 2.45) is 0 Å². The van der Waals surface area contributed by atoms with Crippen molar-refractivity contribution >= 4 is 34.1 Å². The molecule has 0 fully saturated rings. The summed E-state index contributed by atoms with van der Waals surface area (Å²) >= 11 is 5.55. The molecular formula is C7H8Cl2O4S. The molecule has 0 radical (unpaired) electrons. The van der Waals surface area contributed by atoms with Crippen LogP contribution >= 0.6 is 24.0 Å². The van der Waals surface area contributed by atoms with E-state index >= 15 is 0 Å². The van der Waals surface area contributed by atoms with Gasteiger partial charge in [-0.2, -0.15) is 8.42 Å². The first-order chi connectivity index (χ1) is 5.95. The number of hydrogen-bond acceptors (Lipinski definition) is 3. The normalized spacial score (nSPS) is 10.5. The molecule has 0 atom stereocenters. The van der Waals surface area contributed by atoms with Crippen LogP contribution in [0.1, 0.15) is 0 Å². The van der Waals surface area contributed by atoms with Gasteiger partial charge in [-0.1, -0.05) is 11.6 Å². The molecular weight excluding hydrogens is 251 g/mol. The molecule has 0 aliphatic rings. The molecule has 80 valence electrons. The van der Waals surface area contributed by atoms with E-state index < -0.39 is 10.1 Å². The number of benzene rings is 1. The first kappa shape index (κ1) is 13.5. The topological polar surface area (TPSA) is 63.6 Å². The molecule has 1 aromatic carbocycles. The molecule has 0 bridgehead atoms. The van der Waals surface area contributed by atoms with Gasteiger partial charge in [0.15, 0.2) is 0 Å². The van der Waals surface area contributed by atoms with E-state index in [0.717, 1.165) is 6.07 Å². The van der Waals surface area contributed by atoms with Gasteiger partial charge in [0.05, 0.1) is 7.11 Å². The fraction of sp³-hybridized carbons (Fsp3) is 0.143. The zero-order chi connectivity index (χ0) is 10.1. The van der Waals surface area contributed by atoms with Crippen molar-refractivity contribution < 1.29 is 17.7 Å². The van der Waals surface area contributed by atoms with E-state index in [-0.39, 0.29) is 28.1 Å². The summed E-state index contributed by atoms with van der Waals surface area (Å²) in [5.41, 5.74) is 0. The zero-order valence-electron chi connectivity index (χ0n) is 7.10. The number of rotatable bonds is 2. The Morgan fingerprint density at radius 1 is 1.43 bits per heavy atom. The highest BCUT2D eigenvalue weighted by Crippen LogP contribution is 2.26. The van der Waals surface area contributed by atoms with Gasteiger partial charge in [0.2, 0.25) is 0 Å². The monoisotopic (exact) mass is 258 g/mol. The van der Waals surface area contributed by atoms with Gasteiger partial charge in [0.25, 0.3) is 10.1 Å². The molecule has 0 heterocycles.